The number of nitrogens with two attached hydrogens (primary N) is 1. The number of nitrogens with zero attached hydrogens (tertiary/aromatic N) is 1. The van der Waals surface area contributed by atoms with Crippen molar-refractivity contribution in [3.05, 3.63) is 70.1 Å². The first-order valence-electron chi connectivity index (χ1n) is 5.46. The number of nitrogen functional groups attached to an aromatic ring is 1. The monoisotopic (exact) mass is 243 g/mol. The highest BCUT2D eigenvalue weighted by atomic mass is 16.2. The first-order chi connectivity index (χ1) is 8.72. The van der Waals surface area contributed by atoms with Crippen LogP contribution >= 0.6 is 0 Å². The maximum Gasteiger partial charge on any atom is 0.270 e. The molecule has 0 bridgehead atoms. The molecule has 0 aliphatic carbocycles. The van der Waals surface area contributed by atoms with E-state index in [2.05, 4.69) is 0 Å². The van der Waals surface area contributed by atoms with E-state index in [0.29, 0.717) is 6.54 Å². The minimum Gasteiger partial charge on any atom is -0.310 e. The van der Waals surface area contributed by atoms with Gasteiger partial charge < -0.3 is 4.57 Å². The molecule has 0 saturated carbocycles. The molecule has 5 nitrogen and oxygen atoms in total. The van der Waals surface area contributed by atoms with Crippen molar-refractivity contribution >= 4 is 5.91 Å². The van der Waals surface area contributed by atoms with Crippen LogP contribution in [0.3, 0.4) is 0 Å². The van der Waals surface area contributed by atoms with Crippen LogP contribution in [-0.2, 0) is 6.54 Å². The normalized spacial score (nSPS) is 10.1. The molecule has 2 aromatic rings. The Hall–Kier alpha value is -2.40. The summed E-state index contributed by atoms with van der Waals surface area (Å²) >= 11 is 0. The fourth-order valence-electron chi connectivity index (χ4n) is 1.69. The minimum atomic E-state index is -0.581. The summed E-state index contributed by atoms with van der Waals surface area (Å²) in [5, 5.41) is 0. The molecule has 1 aromatic carbocycles. The third kappa shape index (κ3) is 2.46. The van der Waals surface area contributed by atoms with Gasteiger partial charge in [-0.25, -0.2) is 5.84 Å². The van der Waals surface area contributed by atoms with Crippen molar-refractivity contribution in [1.29, 1.82) is 0 Å². The van der Waals surface area contributed by atoms with Crippen LogP contribution < -0.4 is 16.8 Å². The van der Waals surface area contributed by atoms with Crippen molar-refractivity contribution in [2.45, 2.75) is 6.54 Å². The Morgan fingerprint density at radius 3 is 2.56 bits per heavy atom. The van der Waals surface area contributed by atoms with Gasteiger partial charge in [0.05, 0.1) is 6.54 Å². The van der Waals surface area contributed by atoms with Crippen LogP contribution in [-0.4, -0.2) is 10.5 Å². The predicted octanol–water partition coefficient (Wildman–Crippen LogP) is 0.500. The number of amides is 1. The van der Waals surface area contributed by atoms with E-state index in [9.17, 15) is 9.59 Å². The van der Waals surface area contributed by atoms with Crippen LogP contribution in [0, 0.1) is 0 Å². The summed E-state index contributed by atoms with van der Waals surface area (Å²) in [5.74, 6) is 4.45. The van der Waals surface area contributed by atoms with Crippen molar-refractivity contribution in [1.82, 2.24) is 9.99 Å². The maximum absolute atomic E-state index is 12.0. The van der Waals surface area contributed by atoms with Gasteiger partial charge in [-0.05, 0) is 17.7 Å². The molecule has 0 aliphatic rings. The Bertz CT molecular complexity index is 605. The average Bonchev–Trinajstić information content (AvgIpc) is 2.41. The molecule has 0 radical (unpaired) electrons. The molecule has 2 rings (SSSR count). The molecule has 1 heterocycles. The number of benzene rings is 1. The molecule has 1 aromatic heterocycles. The topological polar surface area (TPSA) is 77.1 Å². The molecule has 92 valence electrons. The van der Waals surface area contributed by atoms with Gasteiger partial charge in [0, 0.05) is 6.20 Å². The number of hydrogen-bond acceptors (Lipinski definition) is 3. The maximum atomic E-state index is 12.0. The summed E-state index contributed by atoms with van der Waals surface area (Å²) in [6.45, 7) is 0.422. The SMILES string of the molecule is NNC(=O)c1cccn(Cc2ccccc2)c1=O. The van der Waals surface area contributed by atoms with Gasteiger partial charge >= 0.3 is 0 Å². The largest absolute Gasteiger partial charge is 0.310 e. The Kier molecular flexibility index (Phi) is 3.54. The highest BCUT2D eigenvalue weighted by Gasteiger charge is 2.10. The molecule has 0 atom stereocenters. The van der Waals surface area contributed by atoms with E-state index in [1.54, 1.807) is 12.3 Å². The van der Waals surface area contributed by atoms with Gasteiger partial charge in [-0.15, -0.1) is 0 Å². The minimum absolute atomic E-state index is 0.0379. The average molecular weight is 243 g/mol. The van der Waals surface area contributed by atoms with Crippen molar-refractivity contribution in [3.8, 4) is 0 Å². The zero-order valence-electron chi connectivity index (χ0n) is 9.67. The van der Waals surface area contributed by atoms with Crippen LogP contribution in [0.4, 0.5) is 0 Å². The summed E-state index contributed by atoms with van der Waals surface area (Å²) in [7, 11) is 0. The number of nitrogens with one attached hydrogen (secondary N) is 1. The van der Waals surface area contributed by atoms with E-state index >= 15 is 0 Å². The number of hydrazine groups is 1. The van der Waals surface area contributed by atoms with Crippen LogP contribution in [0.5, 0.6) is 0 Å². The molecule has 0 aliphatic heterocycles. The van der Waals surface area contributed by atoms with E-state index in [-0.39, 0.29) is 11.1 Å². The number of aromatic nitrogens is 1. The first-order valence-corrected chi connectivity index (χ1v) is 5.46. The second-order valence-electron chi connectivity index (χ2n) is 3.81. The lowest BCUT2D eigenvalue weighted by Crippen LogP contribution is -2.36. The van der Waals surface area contributed by atoms with Crippen molar-refractivity contribution in [3.63, 3.8) is 0 Å². The van der Waals surface area contributed by atoms with Gasteiger partial charge in [0.25, 0.3) is 11.5 Å². The van der Waals surface area contributed by atoms with Gasteiger partial charge in [-0.2, -0.15) is 0 Å². The summed E-state index contributed by atoms with van der Waals surface area (Å²) < 4.78 is 1.47. The van der Waals surface area contributed by atoms with Gasteiger partial charge in [0.1, 0.15) is 5.56 Å². The zero-order valence-corrected chi connectivity index (χ0v) is 9.67. The lowest BCUT2D eigenvalue weighted by Gasteiger charge is -2.07. The van der Waals surface area contributed by atoms with Crippen LogP contribution in [0.1, 0.15) is 15.9 Å². The fraction of sp³-hybridized carbons (Fsp3) is 0.0769. The van der Waals surface area contributed by atoms with E-state index in [1.807, 2.05) is 35.8 Å². The van der Waals surface area contributed by atoms with E-state index in [4.69, 9.17) is 5.84 Å². The van der Waals surface area contributed by atoms with Crippen LogP contribution in [0.2, 0.25) is 0 Å². The number of carbonyl (C=O) groups is 1. The van der Waals surface area contributed by atoms with Crippen molar-refractivity contribution < 1.29 is 4.79 Å². The molecule has 0 fully saturated rings. The second-order valence-corrected chi connectivity index (χ2v) is 3.81. The lowest BCUT2D eigenvalue weighted by molar-refractivity contribution is 0.0951. The smallest absolute Gasteiger partial charge is 0.270 e. The van der Waals surface area contributed by atoms with Gasteiger partial charge in [0.2, 0.25) is 0 Å². The zero-order chi connectivity index (χ0) is 13.0. The molecule has 3 N–H and O–H groups in total. The number of hydrogen-bond donors (Lipinski definition) is 2. The van der Waals surface area contributed by atoms with Gasteiger partial charge in [-0.3, -0.25) is 15.0 Å². The molecule has 1 amide bonds. The highest BCUT2D eigenvalue weighted by molar-refractivity contribution is 5.93. The van der Waals surface area contributed by atoms with Crippen LogP contribution in [0.15, 0.2) is 53.5 Å². The summed E-state index contributed by atoms with van der Waals surface area (Å²) in [6, 6.07) is 12.6. The quantitative estimate of drug-likeness (QED) is 0.468. The molecule has 0 spiro atoms. The van der Waals surface area contributed by atoms with Crippen LogP contribution in [0.25, 0.3) is 0 Å². The fourth-order valence-corrected chi connectivity index (χ4v) is 1.69. The predicted molar refractivity (Wildman–Crippen MR) is 67.9 cm³/mol. The molecule has 0 saturated heterocycles. The Balaban J connectivity index is 2.35. The third-order valence-electron chi connectivity index (χ3n) is 2.59. The molecule has 5 heteroatoms. The molecule has 0 unspecified atom stereocenters. The Labute approximate surface area is 104 Å². The highest BCUT2D eigenvalue weighted by Crippen LogP contribution is 2.01. The Morgan fingerprint density at radius 1 is 1.17 bits per heavy atom. The van der Waals surface area contributed by atoms with Crippen molar-refractivity contribution in [2.75, 3.05) is 0 Å². The van der Waals surface area contributed by atoms with Crippen molar-refractivity contribution in [2.24, 2.45) is 5.84 Å². The number of carbonyl (C=O) groups excluding carboxylic acids is 1. The molecular formula is C13H13N3O2. The summed E-state index contributed by atoms with van der Waals surface area (Å²) in [5.41, 5.74) is 2.63. The van der Waals surface area contributed by atoms with E-state index < -0.39 is 5.91 Å². The van der Waals surface area contributed by atoms with E-state index in [0.717, 1.165) is 5.56 Å². The van der Waals surface area contributed by atoms with Gasteiger partial charge in [0.15, 0.2) is 0 Å². The summed E-state index contributed by atoms with van der Waals surface area (Å²) in [6.07, 6.45) is 1.64. The van der Waals surface area contributed by atoms with E-state index in [1.165, 1.54) is 10.6 Å². The number of pyridine rings is 1. The number of rotatable bonds is 3. The first kappa shape index (κ1) is 12.1. The Morgan fingerprint density at radius 2 is 1.89 bits per heavy atom. The lowest BCUT2D eigenvalue weighted by atomic mass is 10.2. The summed E-state index contributed by atoms with van der Waals surface area (Å²) in [4.78, 5) is 23.4. The molecular weight excluding hydrogens is 230 g/mol. The van der Waals surface area contributed by atoms with Gasteiger partial charge in [-0.1, -0.05) is 30.3 Å². The molecule has 18 heavy (non-hydrogen) atoms. The standard InChI is InChI=1S/C13H13N3O2/c14-15-12(17)11-7-4-8-16(13(11)18)9-10-5-2-1-3-6-10/h1-8H,9,14H2,(H,15,17). The third-order valence-corrected chi connectivity index (χ3v) is 2.59. The second kappa shape index (κ2) is 5.29.